The predicted octanol–water partition coefficient (Wildman–Crippen LogP) is -3.30. The summed E-state index contributed by atoms with van der Waals surface area (Å²) in [6.07, 6.45) is -4.64. The molecule has 0 spiro atoms. The van der Waals surface area contributed by atoms with Crippen LogP contribution in [0.2, 0.25) is 0 Å². The SMILES string of the molecule is Nc1ncnc2c1ncn2[C@@H]1O[C@H](COP(=O)(O)OP(=O)(O)OP(=O)(O)O)[C@@H](O)[C@H]1O.OCC(O)CO. The predicted molar refractivity (Wildman–Crippen MR) is 116 cm³/mol. The van der Waals surface area contributed by atoms with Crippen LogP contribution < -0.4 is 5.73 Å². The molecule has 1 fully saturated rings. The molecule has 2 aromatic heterocycles. The van der Waals surface area contributed by atoms with Crippen LogP contribution in [0.4, 0.5) is 5.82 Å². The van der Waals surface area contributed by atoms with E-state index >= 15 is 0 Å². The molecular formula is C13H24N5O16P3. The third-order valence-electron chi connectivity index (χ3n) is 4.24. The molecule has 21 nitrogen and oxygen atoms in total. The first-order chi connectivity index (χ1) is 17.0. The number of aromatic nitrogens is 4. The topological polar surface area (TPSA) is 340 Å². The Morgan fingerprint density at radius 2 is 1.62 bits per heavy atom. The van der Waals surface area contributed by atoms with Crippen molar-refractivity contribution in [1.29, 1.82) is 0 Å². The van der Waals surface area contributed by atoms with E-state index in [1.807, 2.05) is 0 Å². The summed E-state index contributed by atoms with van der Waals surface area (Å²) in [5.74, 6) is 0.0426. The number of hydrogen-bond acceptors (Lipinski definition) is 16. The highest BCUT2D eigenvalue weighted by molar-refractivity contribution is 7.66. The van der Waals surface area contributed by atoms with E-state index in [0.717, 1.165) is 6.33 Å². The number of phosphoric acid groups is 3. The van der Waals surface area contributed by atoms with Crippen molar-refractivity contribution in [2.45, 2.75) is 30.6 Å². The minimum Gasteiger partial charge on any atom is -0.394 e. The highest BCUT2D eigenvalue weighted by Gasteiger charge is 2.47. The lowest BCUT2D eigenvalue weighted by atomic mass is 10.1. The maximum atomic E-state index is 11.8. The Labute approximate surface area is 206 Å². The molecule has 24 heteroatoms. The average molecular weight is 599 g/mol. The van der Waals surface area contributed by atoms with Crippen LogP contribution in [0.25, 0.3) is 11.2 Å². The summed E-state index contributed by atoms with van der Waals surface area (Å²) >= 11 is 0. The lowest BCUT2D eigenvalue weighted by Crippen LogP contribution is -2.33. The number of phosphoric ester groups is 1. The Morgan fingerprint density at radius 3 is 2.16 bits per heavy atom. The zero-order valence-electron chi connectivity index (χ0n) is 18.3. The second-order valence-corrected chi connectivity index (χ2v) is 11.5. The lowest BCUT2D eigenvalue weighted by molar-refractivity contribution is -0.0503. The molecule has 3 heterocycles. The van der Waals surface area contributed by atoms with Crippen molar-refractivity contribution in [3.63, 3.8) is 0 Å². The Balaban J connectivity index is 0.000000717. The number of fused-ring (bicyclic) bond motifs is 1. The van der Waals surface area contributed by atoms with E-state index in [2.05, 4.69) is 28.1 Å². The number of nitrogens with two attached hydrogens (primary N) is 1. The Bertz CT molecular complexity index is 1190. The third-order valence-corrected chi connectivity index (χ3v) is 8.04. The number of aliphatic hydroxyl groups excluding tert-OH is 5. The van der Waals surface area contributed by atoms with Gasteiger partial charge in [0, 0.05) is 0 Å². The number of nitrogen functional groups attached to an aromatic ring is 1. The molecule has 1 aliphatic heterocycles. The largest absolute Gasteiger partial charge is 0.490 e. The maximum Gasteiger partial charge on any atom is 0.490 e. The number of rotatable bonds is 10. The molecule has 3 rings (SSSR count). The van der Waals surface area contributed by atoms with Gasteiger partial charge < -0.3 is 55.6 Å². The van der Waals surface area contributed by atoms with Crippen molar-refractivity contribution in [1.82, 2.24) is 19.5 Å². The molecule has 1 saturated heterocycles. The van der Waals surface area contributed by atoms with Crippen LogP contribution in [0.1, 0.15) is 6.23 Å². The van der Waals surface area contributed by atoms with Gasteiger partial charge in [-0.25, -0.2) is 28.6 Å². The van der Waals surface area contributed by atoms with Crippen molar-refractivity contribution in [3.8, 4) is 0 Å². The van der Waals surface area contributed by atoms with Gasteiger partial charge in [0.15, 0.2) is 17.7 Å². The molecule has 37 heavy (non-hydrogen) atoms. The van der Waals surface area contributed by atoms with E-state index in [0.29, 0.717) is 0 Å². The number of anilines is 1. The van der Waals surface area contributed by atoms with E-state index in [4.69, 9.17) is 40.5 Å². The standard InChI is InChI=1S/C10H16N5O13P3.C3H8O3/c11-8-5-9(13-2-12-8)15(3-14-5)10-7(17)6(16)4(26-10)1-25-30(21,22)28-31(23,24)27-29(18,19)20;4-1-3(6)2-5/h2-4,6-7,10,16-17H,1H2,(H,21,22)(H,23,24)(H2,11,12,13)(H2,18,19,20);3-6H,1-2H2/t4-,6-,7-,10-;/m1./s1. The van der Waals surface area contributed by atoms with Gasteiger partial charge in [0.25, 0.3) is 0 Å². The number of nitrogens with zero attached hydrogens (tertiary/aromatic N) is 4. The Hall–Kier alpha value is -1.48. The monoisotopic (exact) mass is 599 g/mol. The van der Waals surface area contributed by atoms with Gasteiger partial charge in [-0.15, -0.1) is 0 Å². The van der Waals surface area contributed by atoms with E-state index in [9.17, 15) is 28.8 Å². The first-order valence-corrected chi connectivity index (χ1v) is 14.1. The van der Waals surface area contributed by atoms with Gasteiger partial charge in [0.1, 0.15) is 36.3 Å². The van der Waals surface area contributed by atoms with Gasteiger partial charge in [-0.1, -0.05) is 0 Å². The van der Waals surface area contributed by atoms with Crippen molar-refractivity contribution >= 4 is 40.4 Å². The summed E-state index contributed by atoms with van der Waals surface area (Å²) in [6, 6.07) is 0. The zero-order valence-corrected chi connectivity index (χ0v) is 20.9. The normalized spacial score (nSPS) is 25.5. The Morgan fingerprint density at radius 1 is 1.00 bits per heavy atom. The minimum absolute atomic E-state index is 0.0426. The van der Waals surface area contributed by atoms with Crippen molar-refractivity contribution < 1.29 is 76.7 Å². The molecule has 1 aliphatic rings. The third kappa shape index (κ3) is 9.05. The molecule has 0 radical (unpaired) electrons. The van der Waals surface area contributed by atoms with Crippen LogP contribution in [-0.2, 0) is 31.6 Å². The van der Waals surface area contributed by atoms with Gasteiger partial charge in [-0.3, -0.25) is 9.09 Å². The fourth-order valence-corrected chi connectivity index (χ4v) is 5.71. The van der Waals surface area contributed by atoms with Crippen LogP contribution in [0.5, 0.6) is 0 Å². The van der Waals surface area contributed by atoms with Gasteiger partial charge in [-0.05, 0) is 0 Å². The summed E-state index contributed by atoms with van der Waals surface area (Å²) in [5, 5.41) is 44.4. The number of hydrogen-bond donors (Lipinski definition) is 10. The molecular weight excluding hydrogens is 575 g/mol. The van der Waals surface area contributed by atoms with Crippen molar-refractivity contribution in [2.75, 3.05) is 25.6 Å². The summed E-state index contributed by atoms with van der Waals surface area (Å²) in [5.41, 5.74) is 6.00. The highest BCUT2D eigenvalue weighted by Crippen LogP contribution is 2.66. The number of aliphatic hydroxyl groups is 5. The molecule has 212 valence electrons. The van der Waals surface area contributed by atoms with E-state index in [-0.39, 0.29) is 30.2 Å². The highest BCUT2D eigenvalue weighted by atomic mass is 31.3. The molecule has 0 saturated carbocycles. The summed E-state index contributed by atoms with van der Waals surface area (Å²) in [6.45, 7) is -1.69. The number of imidazole rings is 1. The molecule has 0 amide bonds. The van der Waals surface area contributed by atoms with Gasteiger partial charge >= 0.3 is 23.5 Å². The lowest BCUT2D eigenvalue weighted by Gasteiger charge is -2.19. The summed E-state index contributed by atoms with van der Waals surface area (Å²) in [7, 11) is -16.7. The minimum atomic E-state index is -5.70. The molecule has 2 aromatic rings. The van der Waals surface area contributed by atoms with Gasteiger partial charge in [0.05, 0.1) is 26.1 Å². The van der Waals surface area contributed by atoms with Crippen LogP contribution in [0, 0.1) is 0 Å². The van der Waals surface area contributed by atoms with Crippen molar-refractivity contribution in [3.05, 3.63) is 12.7 Å². The zero-order chi connectivity index (χ0) is 28.2. The van der Waals surface area contributed by atoms with Crippen LogP contribution >= 0.6 is 23.5 Å². The Kier molecular flexibility index (Phi) is 10.8. The molecule has 11 N–H and O–H groups in total. The molecule has 6 atom stereocenters. The second-order valence-electron chi connectivity index (χ2n) is 7.03. The van der Waals surface area contributed by atoms with Crippen LogP contribution in [0.3, 0.4) is 0 Å². The molecule has 2 unspecified atom stereocenters. The first kappa shape index (κ1) is 31.7. The summed E-state index contributed by atoms with van der Waals surface area (Å²) < 4.78 is 51.9. The van der Waals surface area contributed by atoms with E-state index in [1.165, 1.54) is 10.9 Å². The van der Waals surface area contributed by atoms with Gasteiger partial charge in [-0.2, -0.15) is 8.62 Å². The summed E-state index contributed by atoms with van der Waals surface area (Å²) in [4.78, 5) is 47.2. The molecule has 0 aromatic carbocycles. The quantitative estimate of drug-likeness (QED) is 0.120. The smallest absolute Gasteiger partial charge is 0.394 e. The number of ether oxygens (including phenoxy) is 1. The van der Waals surface area contributed by atoms with Crippen LogP contribution in [-0.4, -0.2) is 109 Å². The maximum absolute atomic E-state index is 11.8. The second kappa shape index (κ2) is 12.6. The van der Waals surface area contributed by atoms with Crippen molar-refractivity contribution in [2.24, 2.45) is 0 Å². The molecule has 0 aliphatic carbocycles. The fraction of sp³-hybridized carbons (Fsp3) is 0.615. The molecule has 0 bridgehead atoms. The van der Waals surface area contributed by atoms with E-state index < -0.39 is 60.7 Å². The van der Waals surface area contributed by atoms with Crippen LogP contribution in [0.15, 0.2) is 12.7 Å². The fourth-order valence-electron chi connectivity index (χ4n) is 2.68. The average Bonchev–Trinajstić information content (AvgIpc) is 3.32. The first-order valence-electron chi connectivity index (χ1n) is 9.63. The van der Waals surface area contributed by atoms with E-state index in [1.54, 1.807) is 0 Å². The van der Waals surface area contributed by atoms with Gasteiger partial charge in [0.2, 0.25) is 0 Å².